The Morgan fingerprint density at radius 2 is 2.06 bits per heavy atom. The van der Waals surface area contributed by atoms with Crippen molar-refractivity contribution in [2.75, 3.05) is 6.61 Å². The largest absolute Gasteiger partial charge is 0.466 e. The van der Waals surface area contributed by atoms with Crippen LogP contribution in [0.15, 0.2) is 42.0 Å². The summed E-state index contributed by atoms with van der Waals surface area (Å²) in [5.74, 6) is 1.33. The summed E-state index contributed by atoms with van der Waals surface area (Å²) in [4.78, 5) is 21.8. The molecule has 0 fully saturated rings. The van der Waals surface area contributed by atoms with Crippen molar-refractivity contribution in [1.29, 1.82) is 0 Å². The molecule has 0 amide bonds. The summed E-state index contributed by atoms with van der Waals surface area (Å²) in [5, 5.41) is 0. The first kappa shape index (κ1) is 12.9. The summed E-state index contributed by atoms with van der Waals surface area (Å²) in [5.41, 5.74) is 1.25. The van der Waals surface area contributed by atoms with Crippen LogP contribution in [0.25, 0.3) is 6.08 Å². The predicted molar refractivity (Wildman–Crippen MR) is 65.9 cm³/mol. The molecule has 0 saturated heterocycles. The van der Waals surface area contributed by atoms with E-state index in [2.05, 4.69) is 0 Å². The van der Waals surface area contributed by atoms with Crippen LogP contribution in [-0.4, -0.2) is 18.5 Å². The van der Waals surface area contributed by atoms with Gasteiger partial charge in [-0.2, -0.15) is 0 Å². The number of carbonyl (C=O) groups is 1. The van der Waals surface area contributed by atoms with Crippen LogP contribution < -0.4 is 0 Å². The molecule has 0 aliphatic carbocycles. The third kappa shape index (κ3) is 4.96. The molecular weight excluding hydrogens is 216 g/mol. The van der Waals surface area contributed by atoms with Crippen LogP contribution in [0.1, 0.15) is 18.9 Å². The fourth-order valence-electron chi connectivity index (χ4n) is 1.26. The predicted octanol–water partition coefficient (Wildman–Crippen LogP) is 2.41. The van der Waals surface area contributed by atoms with Crippen LogP contribution in [0.2, 0.25) is 0 Å². The summed E-state index contributed by atoms with van der Waals surface area (Å²) in [6, 6.07) is 9.52. The van der Waals surface area contributed by atoms with Crippen molar-refractivity contribution in [2.24, 2.45) is 0 Å². The van der Waals surface area contributed by atoms with Crippen LogP contribution in [0.3, 0.4) is 0 Å². The summed E-state index contributed by atoms with van der Waals surface area (Å²) in [7, 11) is 0. The Labute approximate surface area is 100 Å². The SMILES string of the molecule is CCOC(=O)CC(=C=O)/C=C/c1ccccc1. The van der Waals surface area contributed by atoms with Crippen molar-refractivity contribution < 1.29 is 14.3 Å². The molecule has 3 nitrogen and oxygen atoms in total. The zero-order valence-electron chi connectivity index (χ0n) is 9.68. The Kier molecular flexibility index (Phi) is 5.49. The van der Waals surface area contributed by atoms with Gasteiger partial charge in [-0.1, -0.05) is 36.4 Å². The zero-order valence-corrected chi connectivity index (χ0v) is 9.68. The molecule has 0 unspecified atom stereocenters. The van der Waals surface area contributed by atoms with Gasteiger partial charge in [0.1, 0.15) is 5.94 Å². The van der Waals surface area contributed by atoms with Crippen molar-refractivity contribution in [3.63, 3.8) is 0 Å². The molecule has 1 aromatic carbocycles. The third-order valence-electron chi connectivity index (χ3n) is 2.05. The molecule has 0 N–H and O–H groups in total. The number of hydrogen-bond acceptors (Lipinski definition) is 3. The van der Waals surface area contributed by atoms with Gasteiger partial charge in [-0.05, 0) is 18.6 Å². The highest BCUT2D eigenvalue weighted by Crippen LogP contribution is 2.06. The number of ether oxygens (including phenoxy) is 1. The van der Waals surface area contributed by atoms with Crippen LogP contribution >= 0.6 is 0 Å². The highest BCUT2D eigenvalue weighted by atomic mass is 16.5. The lowest BCUT2D eigenvalue weighted by atomic mass is 10.1. The molecule has 1 rings (SSSR count). The fraction of sp³-hybridized carbons (Fsp3) is 0.214. The average molecular weight is 230 g/mol. The Morgan fingerprint density at radius 3 is 2.65 bits per heavy atom. The van der Waals surface area contributed by atoms with Crippen molar-refractivity contribution in [3.05, 3.63) is 47.5 Å². The quantitative estimate of drug-likeness (QED) is 0.443. The van der Waals surface area contributed by atoms with Crippen LogP contribution in [-0.2, 0) is 14.3 Å². The van der Waals surface area contributed by atoms with E-state index in [0.29, 0.717) is 6.61 Å². The van der Waals surface area contributed by atoms with E-state index in [4.69, 9.17) is 4.74 Å². The van der Waals surface area contributed by atoms with Gasteiger partial charge in [0.2, 0.25) is 0 Å². The lowest BCUT2D eigenvalue weighted by molar-refractivity contribution is -0.142. The summed E-state index contributed by atoms with van der Waals surface area (Å²) in [6.45, 7) is 2.04. The maximum Gasteiger partial charge on any atom is 0.311 e. The second-order valence-corrected chi connectivity index (χ2v) is 3.35. The molecule has 3 heteroatoms. The Hall–Kier alpha value is -2.12. The molecule has 0 spiro atoms. The van der Waals surface area contributed by atoms with Crippen molar-refractivity contribution in [3.8, 4) is 0 Å². The molecule has 0 atom stereocenters. The molecule has 0 aromatic heterocycles. The number of rotatable bonds is 5. The monoisotopic (exact) mass is 230 g/mol. The van der Waals surface area contributed by atoms with Gasteiger partial charge in [-0.3, -0.25) is 4.79 Å². The topological polar surface area (TPSA) is 43.4 Å². The summed E-state index contributed by atoms with van der Waals surface area (Å²) in [6.07, 6.45) is 3.30. The molecule has 0 radical (unpaired) electrons. The number of allylic oxidation sites excluding steroid dienone is 1. The van der Waals surface area contributed by atoms with Gasteiger partial charge < -0.3 is 4.74 Å². The third-order valence-corrected chi connectivity index (χ3v) is 2.05. The molecule has 0 aliphatic rings. The Balaban J connectivity index is 2.63. The van der Waals surface area contributed by atoms with Gasteiger partial charge >= 0.3 is 5.97 Å². The van der Waals surface area contributed by atoms with E-state index < -0.39 is 5.97 Å². The van der Waals surface area contributed by atoms with Crippen molar-refractivity contribution >= 4 is 18.0 Å². The molecule has 17 heavy (non-hydrogen) atoms. The second-order valence-electron chi connectivity index (χ2n) is 3.35. The lowest BCUT2D eigenvalue weighted by Gasteiger charge is -1.99. The standard InChI is InChI=1S/C14H14O3/c1-2-17-14(16)10-13(11-15)9-8-12-6-4-3-5-7-12/h3-9H,2,10H2,1H3/b9-8+. The number of esters is 1. The number of hydrogen-bond donors (Lipinski definition) is 0. The Bertz CT molecular complexity index is 440. The molecule has 0 bridgehead atoms. The molecular formula is C14H14O3. The molecule has 1 aromatic rings. The van der Waals surface area contributed by atoms with Gasteiger partial charge in [0.25, 0.3) is 0 Å². The van der Waals surface area contributed by atoms with Gasteiger partial charge in [0, 0.05) is 5.57 Å². The molecule has 0 heterocycles. The minimum Gasteiger partial charge on any atom is -0.466 e. The van der Waals surface area contributed by atoms with E-state index in [0.717, 1.165) is 5.56 Å². The zero-order chi connectivity index (χ0) is 12.5. The minimum atomic E-state index is -0.413. The Morgan fingerprint density at radius 1 is 1.35 bits per heavy atom. The van der Waals surface area contributed by atoms with Crippen LogP contribution in [0.4, 0.5) is 0 Å². The van der Waals surface area contributed by atoms with Gasteiger partial charge in [-0.15, -0.1) is 0 Å². The van der Waals surface area contributed by atoms with E-state index in [9.17, 15) is 9.59 Å². The smallest absolute Gasteiger partial charge is 0.311 e. The highest BCUT2D eigenvalue weighted by Gasteiger charge is 2.04. The maximum atomic E-state index is 11.2. The number of carbonyl (C=O) groups excluding carboxylic acids is 2. The van der Waals surface area contributed by atoms with E-state index in [1.807, 2.05) is 30.3 Å². The molecule has 88 valence electrons. The van der Waals surface area contributed by atoms with E-state index in [1.165, 1.54) is 0 Å². The minimum absolute atomic E-state index is 0.0410. The second kappa shape index (κ2) is 7.20. The highest BCUT2D eigenvalue weighted by molar-refractivity contribution is 5.78. The maximum absolute atomic E-state index is 11.2. The van der Waals surface area contributed by atoms with Gasteiger partial charge in [0.15, 0.2) is 0 Å². The first-order valence-electron chi connectivity index (χ1n) is 5.39. The van der Waals surface area contributed by atoms with Crippen molar-refractivity contribution in [1.82, 2.24) is 0 Å². The lowest BCUT2D eigenvalue weighted by Crippen LogP contribution is -2.04. The first-order valence-corrected chi connectivity index (χ1v) is 5.39. The average Bonchev–Trinajstić information content (AvgIpc) is 2.36. The molecule has 0 saturated carbocycles. The molecule has 0 aliphatic heterocycles. The van der Waals surface area contributed by atoms with Crippen molar-refractivity contribution in [2.45, 2.75) is 13.3 Å². The first-order chi connectivity index (χ1) is 8.26. The number of benzene rings is 1. The van der Waals surface area contributed by atoms with E-state index in [-0.39, 0.29) is 12.0 Å². The normalized spacial score (nSPS) is 9.94. The fourth-order valence-corrected chi connectivity index (χ4v) is 1.26. The van der Waals surface area contributed by atoms with E-state index >= 15 is 0 Å². The van der Waals surface area contributed by atoms with E-state index in [1.54, 1.807) is 25.0 Å². The van der Waals surface area contributed by atoms with Gasteiger partial charge in [0.05, 0.1) is 13.0 Å². The van der Waals surface area contributed by atoms with Crippen LogP contribution in [0.5, 0.6) is 0 Å². The summed E-state index contributed by atoms with van der Waals surface area (Å²) >= 11 is 0. The summed E-state index contributed by atoms with van der Waals surface area (Å²) < 4.78 is 4.75. The van der Waals surface area contributed by atoms with Gasteiger partial charge in [-0.25, -0.2) is 4.79 Å². The van der Waals surface area contributed by atoms with Crippen LogP contribution in [0, 0.1) is 0 Å².